The summed E-state index contributed by atoms with van der Waals surface area (Å²) in [5, 5.41) is 20.8. The molecule has 8 nitrogen and oxygen atoms in total. The van der Waals surface area contributed by atoms with Gasteiger partial charge in [-0.3, -0.25) is 9.36 Å². The minimum Gasteiger partial charge on any atom is -0.485 e. The van der Waals surface area contributed by atoms with Crippen LogP contribution in [0.4, 0.5) is 5.69 Å². The first-order valence-corrected chi connectivity index (χ1v) is 10.9. The van der Waals surface area contributed by atoms with E-state index in [1.807, 2.05) is 36.6 Å². The van der Waals surface area contributed by atoms with Crippen molar-refractivity contribution in [1.29, 1.82) is 0 Å². The highest BCUT2D eigenvalue weighted by molar-refractivity contribution is 7.99. The fraction of sp³-hybridized carbons (Fsp3) is 0.217. The first-order valence-electron chi connectivity index (χ1n) is 9.87. The van der Waals surface area contributed by atoms with Crippen molar-refractivity contribution in [1.82, 2.24) is 14.8 Å². The molecule has 0 spiro atoms. The Hall–Kier alpha value is -3.59. The van der Waals surface area contributed by atoms with Crippen molar-refractivity contribution in [2.75, 3.05) is 11.1 Å². The number of anilines is 1. The number of hydrogen-bond acceptors (Lipinski definition) is 6. The topological polar surface area (TPSA) is 106 Å². The molecule has 3 rings (SSSR count). The summed E-state index contributed by atoms with van der Waals surface area (Å²) in [4.78, 5) is 23.4. The molecule has 1 amide bonds. The van der Waals surface area contributed by atoms with Gasteiger partial charge in [-0.05, 0) is 43.2 Å². The van der Waals surface area contributed by atoms with E-state index in [2.05, 4.69) is 22.1 Å². The van der Waals surface area contributed by atoms with Crippen LogP contribution in [0.5, 0.6) is 5.75 Å². The number of para-hydroxylation sites is 1. The zero-order valence-electron chi connectivity index (χ0n) is 17.9. The number of benzene rings is 2. The molecule has 3 aromatic rings. The molecule has 0 atom stereocenters. The lowest BCUT2D eigenvalue weighted by molar-refractivity contribution is -0.113. The van der Waals surface area contributed by atoms with Gasteiger partial charge in [0, 0.05) is 12.2 Å². The lowest BCUT2D eigenvalue weighted by atomic mass is 10.1. The number of allylic oxidation sites excluding steroid dienone is 1. The van der Waals surface area contributed by atoms with E-state index in [-0.39, 0.29) is 23.8 Å². The second kappa shape index (κ2) is 10.6. The number of aryl methyl sites for hydroxylation is 2. The van der Waals surface area contributed by atoms with Crippen LogP contribution in [0.2, 0.25) is 0 Å². The van der Waals surface area contributed by atoms with Crippen LogP contribution < -0.4 is 10.1 Å². The molecule has 0 unspecified atom stereocenters. The van der Waals surface area contributed by atoms with Gasteiger partial charge in [-0.1, -0.05) is 42.1 Å². The van der Waals surface area contributed by atoms with Crippen LogP contribution in [0.15, 0.2) is 60.3 Å². The van der Waals surface area contributed by atoms with Crippen LogP contribution in [0.1, 0.15) is 27.3 Å². The second-order valence-electron chi connectivity index (χ2n) is 7.03. The lowest BCUT2D eigenvalue weighted by Crippen LogP contribution is -2.15. The third-order valence-corrected chi connectivity index (χ3v) is 5.55. The van der Waals surface area contributed by atoms with E-state index in [0.29, 0.717) is 23.2 Å². The first-order chi connectivity index (χ1) is 15.4. The number of nitrogens with zero attached hydrogens (tertiary/aromatic N) is 3. The minimum atomic E-state index is -1.05. The number of aromatic carboxylic acids is 1. The summed E-state index contributed by atoms with van der Waals surface area (Å²) in [7, 11) is 0. The number of rotatable bonds is 10. The minimum absolute atomic E-state index is 0.0876. The van der Waals surface area contributed by atoms with Gasteiger partial charge in [0.2, 0.25) is 5.91 Å². The number of aromatic nitrogens is 3. The van der Waals surface area contributed by atoms with Gasteiger partial charge in [0.15, 0.2) is 11.0 Å². The highest BCUT2D eigenvalue weighted by Gasteiger charge is 2.15. The molecule has 1 aromatic heterocycles. The molecule has 9 heteroatoms. The smallest absolute Gasteiger partial charge is 0.335 e. The molecule has 0 saturated carbocycles. The molecule has 2 aromatic carbocycles. The maximum atomic E-state index is 12.3. The SMILES string of the molecule is C=CCn1c(COc2c(C)cccc2C)nnc1SCC(=O)Nc1cccc(C(=O)O)c1. The molecular weight excluding hydrogens is 428 g/mol. The Morgan fingerprint density at radius 2 is 1.91 bits per heavy atom. The van der Waals surface area contributed by atoms with Gasteiger partial charge < -0.3 is 15.2 Å². The number of carbonyl (C=O) groups is 2. The van der Waals surface area contributed by atoms with Crippen LogP contribution in [-0.4, -0.2) is 37.5 Å². The molecule has 0 aliphatic rings. The summed E-state index contributed by atoms with van der Waals surface area (Å²) in [5.41, 5.74) is 2.61. The van der Waals surface area contributed by atoms with Gasteiger partial charge in [0.25, 0.3) is 0 Å². The zero-order valence-corrected chi connectivity index (χ0v) is 18.7. The highest BCUT2D eigenvalue weighted by Crippen LogP contribution is 2.24. The van der Waals surface area contributed by atoms with Gasteiger partial charge in [0.1, 0.15) is 12.4 Å². The number of carbonyl (C=O) groups excluding carboxylic acids is 1. The van der Waals surface area contributed by atoms with Crippen LogP contribution >= 0.6 is 11.8 Å². The third-order valence-electron chi connectivity index (χ3n) is 4.59. The molecule has 0 aliphatic carbocycles. The lowest BCUT2D eigenvalue weighted by Gasteiger charge is -2.12. The summed E-state index contributed by atoms with van der Waals surface area (Å²) in [5.74, 6) is 0.203. The Kier molecular flexibility index (Phi) is 7.67. The number of thioether (sulfide) groups is 1. The molecule has 0 radical (unpaired) electrons. The summed E-state index contributed by atoms with van der Waals surface area (Å²) in [6.07, 6.45) is 1.73. The summed E-state index contributed by atoms with van der Waals surface area (Å²) >= 11 is 1.23. The molecule has 2 N–H and O–H groups in total. The van der Waals surface area contributed by atoms with Crippen molar-refractivity contribution < 1.29 is 19.4 Å². The fourth-order valence-electron chi connectivity index (χ4n) is 3.07. The van der Waals surface area contributed by atoms with Crippen LogP contribution in [0.3, 0.4) is 0 Å². The molecule has 0 bridgehead atoms. The molecule has 0 saturated heterocycles. The summed E-state index contributed by atoms with van der Waals surface area (Å²) in [6, 6.07) is 12.1. The predicted molar refractivity (Wildman–Crippen MR) is 123 cm³/mol. The molecule has 32 heavy (non-hydrogen) atoms. The molecule has 1 heterocycles. The van der Waals surface area contributed by atoms with E-state index in [9.17, 15) is 9.59 Å². The Labute approximate surface area is 190 Å². The second-order valence-corrected chi connectivity index (χ2v) is 7.97. The largest absolute Gasteiger partial charge is 0.485 e. The maximum Gasteiger partial charge on any atom is 0.335 e. The summed E-state index contributed by atoms with van der Waals surface area (Å²) in [6.45, 7) is 8.47. The van der Waals surface area contributed by atoms with E-state index in [1.54, 1.807) is 18.2 Å². The number of carboxylic acids is 1. The summed E-state index contributed by atoms with van der Waals surface area (Å²) < 4.78 is 7.85. The van der Waals surface area contributed by atoms with Crippen molar-refractivity contribution in [3.63, 3.8) is 0 Å². The number of carboxylic acid groups (broad SMARTS) is 1. The molecule has 0 aliphatic heterocycles. The molecular formula is C23H24N4O4S. The van der Waals surface area contributed by atoms with Crippen molar-refractivity contribution in [3.05, 3.63) is 77.6 Å². The number of nitrogens with one attached hydrogen (secondary N) is 1. The van der Waals surface area contributed by atoms with Crippen LogP contribution in [0, 0.1) is 13.8 Å². The Balaban J connectivity index is 1.64. The normalized spacial score (nSPS) is 10.6. The number of hydrogen-bond donors (Lipinski definition) is 2. The average molecular weight is 453 g/mol. The van der Waals surface area contributed by atoms with Crippen molar-refractivity contribution in [2.24, 2.45) is 0 Å². The number of amides is 1. The maximum absolute atomic E-state index is 12.3. The van der Waals surface area contributed by atoms with Crippen molar-refractivity contribution in [2.45, 2.75) is 32.2 Å². The monoisotopic (exact) mass is 452 g/mol. The van der Waals surface area contributed by atoms with Gasteiger partial charge in [0.05, 0.1) is 11.3 Å². The molecule has 0 fully saturated rings. The van der Waals surface area contributed by atoms with Crippen molar-refractivity contribution in [3.8, 4) is 5.75 Å². The molecule has 166 valence electrons. The Bertz CT molecular complexity index is 1120. The van der Waals surface area contributed by atoms with E-state index in [0.717, 1.165) is 16.9 Å². The third kappa shape index (κ3) is 5.76. The van der Waals surface area contributed by atoms with Crippen LogP contribution in [-0.2, 0) is 17.9 Å². The van der Waals surface area contributed by atoms with Gasteiger partial charge in [-0.2, -0.15) is 0 Å². The standard InChI is InChI=1S/C23H24N4O4S/c1-4-11-27-19(13-31-21-15(2)7-5-8-16(21)3)25-26-23(27)32-14-20(28)24-18-10-6-9-17(12-18)22(29)30/h4-10,12H,1,11,13-14H2,2-3H3,(H,24,28)(H,29,30). The zero-order chi connectivity index (χ0) is 23.1. The first kappa shape index (κ1) is 23.1. The fourth-order valence-corrected chi connectivity index (χ4v) is 3.83. The Morgan fingerprint density at radius 3 is 2.59 bits per heavy atom. The Morgan fingerprint density at radius 1 is 1.19 bits per heavy atom. The van der Waals surface area contributed by atoms with E-state index >= 15 is 0 Å². The van der Waals surface area contributed by atoms with E-state index in [1.165, 1.54) is 23.9 Å². The van der Waals surface area contributed by atoms with Gasteiger partial charge in [-0.15, -0.1) is 16.8 Å². The predicted octanol–water partition coefficient (Wildman–Crippen LogP) is 4.09. The van der Waals surface area contributed by atoms with Crippen molar-refractivity contribution >= 4 is 29.3 Å². The number of ether oxygens (including phenoxy) is 1. The van der Waals surface area contributed by atoms with Gasteiger partial charge >= 0.3 is 5.97 Å². The van der Waals surface area contributed by atoms with E-state index < -0.39 is 5.97 Å². The van der Waals surface area contributed by atoms with E-state index in [4.69, 9.17) is 9.84 Å². The quantitative estimate of drug-likeness (QED) is 0.352. The van der Waals surface area contributed by atoms with Crippen LogP contribution in [0.25, 0.3) is 0 Å². The van der Waals surface area contributed by atoms with Gasteiger partial charge in [-0.25, -0.2) is 4.79 Å². The average Bonchev–Trinajstić information content (AvgIpc) is 3.14. The highest BCUT2D eigenvalue weighted by atomic mass is 32.2.